The van der Waals surface area contributed by atoms with Crippen LogP contribution in [0, 0.1) is 0 Å². The van der Waals surface area contributed by atoms with Gasteiger partial charge in [-0.3, -0.25) is 14.4 Å². The molecule has 0 saturated heterocycles. The Morgan fingerprint density at radius 3 is 2.17 bits per heavy atom. The average Bonchev–Trinajstić information content (AvgIpc) is 2.66. The highest BCUT2D eigenvalue weighted by Crippen LogP contribution is 2.37. The monoisotopic (exact) mass is 406 g/mol. The molecule has 0 atom stereocenters. The summed E-state index contributed by atoms with van der Waals surface area (Å²) in [5.41, 5.74) is 2.14. The van der Waals surface area contributed by atoms with E-state index in [0.717, 1.165) is 11.1 Å². The minimum atomic E-state index is -0.603. The summed E-state index contributed by atoms with van der Waals surface area (Å²) in [5.74, 6) is -0.614. The van der Waals surface area contributed by atoms with E-state index >= 15 is 0 Å². The number of carbonyl (C=O) groups excluding carboxylic acids is 2. The van der Waals surface area contributed by atoms with Crippen molar-refractivity contribution in [2.45, 2.75) is 34.1 Å². The summed E-state index contributed by atoms with van der Waals surface area (Å²) in [6, 6.07) is 11.9. The van der Waals surface area contributed by atoms with Gasteiger partial charge in [-0.1, -0.05) is 42.0 Å². The second-order valence-electron chi connectivity index (χ2n) is 7.07. The van der Waals surface area contributed by atoms with Crippen molar-refractivity contribution in [3.05, 3.63) is 69.9 Å². The largest absolute Gasteiger partial charge is 0.455 e. The zero-order chi connectivity index (χ0) is 21.8. The summed E-state index contributed by atoms with van der Waals surface area (Å²) in [7, 11) is 0. The number of hydrogen-bond acceptors (Lipinski definition) is 6. The van der Waals surface area contributed by atoms with Gasteiger partial charge in [0.25, 0.3) is 0 Å². The van der Waals surface area contributed by atoms with Crippen molar-refractivity contribution < 1.29 is 23.5 Å². The maximum Gasteiger partial charge on any atom is 0.308 e. The Labute approximate surface area is 173 Å². The normalized spacial score (nSPS) is 10.5. The topological polar surface area (TPSA) is 82.8 Å². The zero-order valence-electron chi connectivity index (χ0n) is 17.3. The van der Waals surface area contributed by atoms with Gasteiger partial charge in [0.15, 0.2) is 5.43 Å². The highest BCUT2D eigenvalue weighted by Gasteiger charge is 2.21. The molecule has 0 saturated carbocycles. The van der Waals surface area contributed by atoms with Gasteiger partial charge in [-0.2, -0.15) is 0 Å². The molecule has 30 heavy (non-hydrogen) atoms. The Morgan fingerprint density at radius 2 is 1.57 bits per heavy atom. The fourth-order valence-electron chi connectivity index (χ4n) is 3.06. The molecule has 154 valence electrons. The van der Waals surface area contributed by atoms with Crippen LogP contribution >= 0.6 is 0 Å². The lowest BCUT2D eigenvalue weighted by atomic mass is 10.0. The van der Waals surface area contributed by atoms with E-state index in [1.165, 1.54) is 26.0 Å². The molecule has 0 aliphatic heterocycles. The van der Waals surface area contributed by atoms with E-state index in [-0.39, 0.29) is 27.9 Å². The van der Waals surface area contributed by atoms with Gasteiger partial charge in [0.2, 0.25) is 0 Å². The predicted molar refractivity (Wildman–Crippen MR) is 114 cm³/mol. The first-order chi connectivity index (χ1) is 14.3. The smallest absolute Gasteiger partial charge is 0.308 e. The van der Waals surface area contributed by atoms with Crippen LogP contribution < -0.4 is 14.9 Å². The van der Waals surface area contributed by atoms with E-state index in [0.29, 0.717) is 17.7 Å². The Balaban J connectivity index is 2.40. The lowest BCUT2D eigenvalue weighted by molar-refractivity contribution is -0.132. The lowest BCUT2D eigenvalue weighted by Crippen LogP contribution is -2.11. The van der Waals surface area contributed by atoms with E-state index in [9.17, 15) is 14.4 Å². The second kappa shape index (κ2) is 8.78. The Kier molecular flexibility index (Phi) is 6.16. The number of hydrogen-bond donors (Lipinski definition) is 0. The van der Waals surface area contributed by atoms with Gasteiger partial charge in [-0.15, -0.1) is 0 Å². The molecule has 3 aromatic rings. The van der Waals surface area contributed by atoms with Crippen LogP contribution in [0.1, 0.15) is 33.3 Å². The Bertz CT molecular complexity index is 1200. The first-order valence-electron chi connectivity index (χ1n) is 9.45. The average molecular weight is 406 g/mol. The van der Waals surface area contributed by atoms with E-state index in [2.05, 4.69) is 0 Å². The van der Waals surface area contributed by atoms with Crippen LogP contribution in [0.2, 0.25) is 0 Å². The van der Waals surface area contributed by atoms with Crippen molar-refractivity contribution in [3.63, 3.8) is 0 Å². The van der Waals surface area contributed by atoms with E-state index in [1.807, 2.05) is 50.3 Å². The lowest BCUT2D eigenvalue weighted by Gasteiger charge is -2.15. The maximum absolute atomic E-state index is 13.0. The van der Waals surface area contributed by atoms with Crippen LogP contribution in [0.15, 0.2) is 63.3 Å². The molecule has 0 aliphatic carbocycles. The summed E-state index contributed by atoms with van der Waals surface area (Å²) in [6.07, 6.45) is 2.30. The third-order valence-corrected chi connectivity index (χ3v) is 4.31. The molecular formula is C24H22O6. The van der Waals surface area contributed by atoms with Crippen molar-refractivity contribution in [1.82, 2.24) is 0 Å². The number of esters is 2. The third kappa shape index (κ3) is 4.66. The Morgan fingerprint density at radius 1 is 0.933 bits per heavy atom. The Hall–Kier alpha value is -3.67. The molecule has 0 radical (unpaired) electrons. The van der Waals surface area contributed by atoms with Gasteiger partial charge >= 0.3 is 11.9 Å². The predicted octanol–water partition coefficient (Wildman–Crippen LogP) is 4.82. The third-order valence-electron chi connectivity index (χ3n) is 4.31. The second-order valence-corrected chi connectivity index (χ2v) is 7.07. The number of carbonyl (C=O) groups is 2. The van der Waals surface area contributed by atoms with E-state index in [4.69, 9.17) is 13.9 Å². The van der Waals surface area contributed by atoms with Crippen LogP contribution in [-0.4, -0.2) is 11.9 Å². The molecule has 0 fully saturated rings. The first kappa shape index (κ1) is 21.0. The number of benzene rings is 2. The molecule has 6 heteroatoms. The van der Waals surface area contributed by atoms with E-state index in [1.54, 1.807) is 0 Å². The first-order valence-corrected chi connectivity index (χ1v) is 9.45. The van der Waals surface area contributed by atoms with Gasteiger partial charge in [-0.25, -0.2) is 0 Å². The van der Waals surface area contributed by atoms with Crippen LogP contribution in [0.4, 0.5) is 0 Å². The van der Waals surface area contributed by atoms with Gasteiger partial charge in [0.1, 0.15) is 28.2 Å². The molecule has 1 aromatic heterocycles. The number of allylic oxidation sites excluding steroid dienone is 2. The summed E-state index contributed by atoms with van der Waals surface area (Å²) >= 11 is 0. The molecule has 1 heterocycles. The fourth-order valence-corrected chi connectivity index (χ4v) is 3.06. The standard InChI is InChI=1S/C24H22O6/c1-14(2)10-11-18-21(28-15(3)25)13-22(29-16(4)26)23-19(27)12-20(30-24(18)23)17-8-6-5-7-9-17/h5-10,12-13H,11H2,1-4H3. The van der Waals surface area contributed by atoms with Crippen LogP contribution in [-0.2, 0) is 16.0 Å². The number of fused-ring (bicyclic) bond motifs is 1. The van der Waals surface area contributed by atoms with Crippen LogP contribution in [0.5, 0.6) is 11.5 Å². The molecule has 0 bridgehead atoms. The molecule has 0 amide bonds. The molecule has 6 nitrogen and oxygen atoms in total. The van der Waals surface area contributed by atoms with Gasteiger partial charge in [0.05, 0.1) is 0 Å². The summed E-state index contributed by atoms with van der Waals surface area (Å²) < 4.78 is 16.7. The van der Waals surface area contributed by atoms with E-state index < -0.39 is 11.9 Å². The van der Waals surface area contributed by atoms with Gasteiger partial charge < -0.3 is 13.9 Å². The molecular weight excluding hydrogens is 384 g/mol. The summed E-state index contributed by atoms with van der Waals surface area (Å²) in [5, 5.41) is 0.123. The summed E-state index contributed by atoms with van der Waals surface area (Å²) in [6.45, 7) is 6.38. The highest BCUT2D eigenvalue weighted by atomic mass is 16.5. The van der Waals surface area contributed by atoms with Crippen molar-refractivity contribution >= 4 is 22.9 Å². The van der Waals surface area contributed by atoms with Crippen molar-refractivity contribution in [2.75, 3.05) is 0 Å². The van der Waals surface area contributed by atoms with Crippen molar-refractivity contribution in [2.24, 2.45) is 0 Å². The maximum atomic E-state index is 13.0. The molecule has 0 spiro atoms. The minimum Gasteiger partial charge on any atom is -0.455 e. The molecule has 0 aliphatic rings. The highest BCUT2D eigenvalue weighted by molar-refractivity contribution is 5.92. The molecule has 0 unspecified atom stereocenters. The molecule has 2 aromatic carbocycles. The summed E-state index contributed by atoms with van der Waals surface area (Å²) in [4.78, 5) is 36.3. The van der Waals surface area contributed by atoms with Crippen molar-refractivity contribution in [3.8, 4) is 22.8 Å². The number of ether oxygens (including phenoxy) is 2. The van der Waals surface area contributed by atoms with Crippen LogP contribution in [0.25, 0.3) is 22.3 Å². The van der Waals surface area contributed by atoms with Crippen LogP contribution in [0.3, 0.4) is 0 Å². The fraction of sp³-hybridized carbons (Fsp3) is 0.208. The van der Waals surface area contributed by atoms with Crippen molar-refractivity contribution in [1.29, 1.82) is 0 Å². The van der Waals surface area contributed by atoms with Gasteiger partial charge in [-0.05, 0) is 20.3 Å². The minimum absolute atomic E-state index is 0.0111. The zero-order valence-corrected chi connectivity index (χ0v) is 17.3. The van der Waals surface area contributed by atoms with Gasteiger partial charge in [0, 0.05) is 37.1 Å². The SMILES string of the molecule is CC(=O)Oc1cc(OC(C)=O)c2c(=O)cc(-c3ccccc3)oc2c1CC=C(C)C. The number of rotatable bonds is 5. The molecule has 3 rings (SSSR count). The quantitative estimate of drug-likeness (QED) is 0.343. The molecule has 0 N–H and O–H groups in total.